The molecule has 0 aliphatic carbocycles. The van der Waals surface area contributed by atoms with Crippen molar-refractivity contribution in [3.63, 3.8) is 0 Å². The van der Waals surface area contributed by atoms with E-state index in [0.29, 0.717) is 11.4 Å². The van der Waals surface area contributed by atoms with Gasteiger partial charge in [0.2, 0.25) is 5.91 Å². The molecule has 16 heavy (non-hydrogen) atoms. The molecule has 2 rings (SSSR count). The number of hydrogen-bond donors (Lipinski definition) is 1. The molecule has 1 N–H and O–H groups in total. The lowest BCUT2D eigenvalue weighted by Gasteiger charge is -2.07. The molecule has 1 aliphatic rings. The SMILES string of the molecule is CCOC(=O)[C@H]1C(=O)Nc2ccc(C)nc21. The summed E-state index contributed by atoms with van der Waals surface area (Å²) in [7, 11) is 0. The summed E-state index contributed by atoms with van der Waals surface area (Å²) < 4.78 is 4.85. The number of hydrogen-bond acceptors (Lipinski definition) is 4. The number of fused-ring (bicyclic) bond motifs is 1. The van der Waals surface area contributed by atoms with Gasteiger partial charge in [-0.15, -0.1) is 0 Å². The Hall–Kier alpha value is -1.91. The predicted octanol–water partition coefficient (Wildman–Crippen LogP) is 0.989. The first-order chi connectivity index (χ1) is 7.63. The van der Waals surface area contributed by atoms with E-state index in [4.69, 9.17) is 4.74 Å². The molecule has 1 aliphatic heterocycles. The van der Waals surface area contributed by atoms with Gasteiger partial charge in [-0.2, -0.15) is 0 Å². The Bertz CT molecular complexity index is 457. The number of rotatable bonds is 2. The highest BCUT2D eigenvalue weighted by Crippen LogP contribution is 2.31. The maximum absolute atomic E-state index is 11.6. The lowest BCUT2D eigenvalue weighted by atomic mass is 10.1. The fraction of sp³-hybridized carbons (Fsp3) is 0.364. The molecule has 0 unspecified atom stereocenters. The van der Waals surface area contributed by atoms with E-state index >= 15 is 0 Å². The zero-order valence-electron chi connectivity index (χ0n) is 9.11. The van der Waals surface area contributed by atoms with Gasteiger partial charge in [0.05, 0.1) is 18.0 Å². The molecule has 0 saturated carbocycles. The Morgan fingerprint density at radius 2 is 2.31 bits per heavy atom. The number of amides is 1. The minimum atomic E-state index is -0.921. The summed E-state index contributed by atoms with van der Waals surface area (Å²) in [4.78, 5) is 27.4. The van der Waals surface area contributed by atoms with Gasteiger partial charge >= 0.3 is 5.97 Å². The molecule has 1 aromatic rings. The Kier molecular flexibility index (Phi) is 2.60. The van der Waals surface area contributed by atoms with Crippen LogP contribution in [0.5, 0.6) is 0 Å². The summed E-state index contributed by atoms with van der Waals surface area (Å²) in [5, 5.41) is 2.61. The van der Waals surface area contributed by atoms with E-state index in [-0.39, 0.29) is 12.5 Å². The number of ether oxygens (including phenoxy) is 1. The zero-order valence-corrected chi connectivity index (χ0v) is 9.11. The van der Waals surface area contributed by atoms with Crippen molar-refractivity contribution in [3.8, 4) is 0 Å². The topological polar surface area (TPSA) is 68.3 Å². The molecule has 5 heteroatoms. The first-order valence-electron chi connectivity index (χ1n) is 5.08. The van der Waals surface area contributed by atoms with Gasteiger partial charge in [-0.1, -0.05) is 0 Å². The van der Waals surface area contributed by atoms with E-state index in [1.807, 2.05) is 6.92 Å². The van der Waals surface area contributed by atoms with Crippen LogP contribution in [0.1, 0.15) is 24.2 Å². The zero-order chi connectivity index (χ0) is 11.7. The normalized spacial score (nSPS) is 17.9. The highest BCUT2D eigenvalue weighted by Gasteiger charge is 2.39. The molecule has 0 spiro atoms. The second-order valence-electron chi connectivity index (χ2n) is 3.56. The number of pyridine rings is 1. The number of esters is 1. The monoisotopic (exact) mass is 220 g/mol. The standard InChI is InChI=1S/C11H12N2O3/c1-3-16-11(15)8-9-7(13-10(8)14)5-4-6(2)12-9/h4-5,8H,3H2,1-2H3,(H,13,14)/t8-/m1/s1. The summed E-state index contributed by atoms with van der Waals surface area (Å²) in [6.45, 7) is 3.77. The van der Waals surface area contributed by atoms with Gasteiger partial charge in [0.15, 0.2) is 5.92 Å². The first-order valence-corrected chi connectivity index (χ1v) is 5.08. The maximum Gasteiger partial charge on any atom is 0.324 e. The minimum absolute atomic E-state index is 0.254. The van der Waals surface area contributed by atoms with Gasteiger partial charge in [-0.25, -0.2) is 0 Å². The number of aryl methyl sites for hydroxylation is 1. The second kappa shape index (κ2) is 3.92. The van der Waals surface area contributed by atoms with Crippen LogP contribution in [0.25, 0.3) is 0 Å². The first kappa shape index (κ1) is 10.6. The largest absolute Gasteiger partial charge is 0.465 e. The number of anilines is 1. The number of nitrogens with zero attached hydrogens (tertiary/aromatic N) is 1. The van der Waals surface area contributed by atoms with Crippen LogP contribution < -0.4 is 5.32 Å². The van der Waals surface area contributed by atoms with Crippen molar-refractivity contribution < 1.29 is 14.3 Å². The maximum atomic E-state index is 11.6. The van der Waals surface area contributed by atoms with Crippen molar-refractivity contribution >= 4 is 17.6 Å². The Morgan fingerprint density at radius 1 is 1.56 bits per heavy atom. The van der Waals surface area contributed by atoms with E-state index in [0.717, 1.165) is 5.69 Å². The molecule has 5 nitrogen and oxygen atoms in total. The molecule has 0 saturated heterocycles. The van der Waals surface area contributed by atoms with Crippen LogP contribution in [0.3, 0.4) is 0 Å². The minimum Gasteiger partial charge on any atom is -0.465 e. The third-order valence-corrected chi connectivity index (χ3v) is 2.38. The van der Waals surface area contributed by atoms with Crippen LogP contribution in [-0.2, 0) is 14.3 Å². The Balaban J connectivity index is 2.38. The molecule has 0 fully saturated rings. The van der Waals surface area contributed by atoms with Gasteiger partial charge in [0, 0.05) is 5.69 Å². The van der Waals surface area contributed by atoms with Crippen LogP contribution in [0, 0.1) is 6.92 Å². The molecule has 1 atom stereocenters. The smallest absolute Gasteiger partial charge is 0.324 e. The molecule has 1 amide bonds. The van der Waals surface area contributed by atoms with Gasteiger partial charge in [0.25, 0.3) is 0 Å². The molecule has 2 heterocycles. The fourth-order valence-corrected chi connectivity index (χ4v) is 1.68. The van der Waals surface area contributed by atoms with E-state index in [1.165, 1.54) is 0 Å². The molecular weight excluding hydrogens is 208 g/mol. The van der Waals surface area contributed by atoms with Crippen molar-refractivity contribution in [2.45, 2.75) is 19.8 Å². The van der Waals surface area contributed by atoms with E-state index in [1.54, 1.807) is 19.1 Å². The summed E-state index contributed by atoms with van der Waals surface area (Å²) >= 11 is 0. The van der Waals surface area contributed by atoms with Gasteiger partial charge in [-0.05, 0) is 26.0 Å². The van der Waals surface area contributed by atoms with Gasteiger partial charge in [-0.3, -0.25) is 14.6 Å². The average Bonchev–Trinajstić information content (AvgIpc) is 2.53. The molecule has 0 radical (unpaired) electrons. The quantitative estimate of drug-likeness (QED) is 0.596. The van der Waals surface area contributed by atoms with Crippen molar-refractivity contribution in [2.75, 3.05) is 11.9 Å². The highest BCUT2D eigenvalue weighted by atomic mass is 16.5. The van der Waals surface area contributed by atoms with Crippen LogP contribution in [0.4, 0.5) is 5.69 Å². The molecule has 1 aromatic heterocycles. The van der Waals surface area contributed by atoms with Crippen molar-refractivity contribution in [3.05, 3.63) is 23.5 Å². The number of carbonyl (C=O) groups is 2. The summed E-state index contributed by atoms with van der Waals surface area (Å²) in [6, 6.07) is 3.53. The van der Waals surface area contributed by atoms with Crippen LogP contribution in [-0.4, -0.2) is 23.5 Å². The highest BCUT2D eigenvalue weighted by molar-refractivity contribution is 6.14. The van der Waals surface area contributed by atoms with Crippen LogP contribution in [0.2, 0.25) is 0 Å². The van der Waals surface area contributed by atoms with E-state index in [9.17, 15) is 9.59 Å². The van der Waals surface area contributed by atoms with Crippen LogP contribution >= 0.6 is 0 Å². The number of aromatic nitrogens is 1. The Morgan fingerprint density at radius 3 is 3.00 bits per heavy atom. The van der Waals surface area contributed by atoms with Crippen molar-refractivity contribution in [1.82, 2.24) is 4.98 Å². The average molecular weight is 220 g/mol. The third kappa shape index (κ3) is 1.64. The molecule has 0 aromatic carbocycles. The van der Waals surface area contributed by atoms with Crippen LogP contribution in [0.15, 0.2) is 12.1 Å². The number of nitrogens with one attached hydrogen (secondary N) is 1. The molecule has 84 valence electrons. The van der Waals surface area contributed by atoms with E-state index in [2.05, 4.69) is 10.3 Å². The Labute approximate surface area is 92.8 Å². The predicted molar refractivity (Wildman–Crippen MR) is 57.0 cm³/mol. The second-order valence-corrected chi connectivity index (χ2v) is 3.56. The molecular formula is C11H12N2O3. The lowest BCUT2D eigenvalue weighted by Crippen LogP contribution is -2.23. The van der Waals surface area contributed by atoms with Crippen molar-refractivity contribution in [2.24, 2.45) is 0 Å². The summed E-state index contributed by atoms with van der Waals surface area (Å²) in [5.41, 5.74) is 1.82. The summed E-state index contributed by atoms with van der Waals surface area (Å²) in [6.07, 6.45) is 0. The third-order valence-electron chi connectivity index (χ3n) is 2.38. The molecule has 0 bridgehead atoms. The summed E-state index contributed by atoms with van der Waals surface area (Å²) in [5.74, 6) is -1.83. The van der Waals surface area contributed by atoms with Gasteiger partial charge in [0.1, 0.15) is 0 Å². The van der Waals surface area contributed by atoms with E-state index < -0.39 is 11.9 Å². The number of carbonyl (C=O) groups excluding carboxylic acids is 2. The van der Waals surface area contributed by atoms with Gasteiger partial charge < -0.3 is 10.1 Å². The fourth-order valence-electron chi connectivity index (χ4n) is 1.68. The van der Waals surface area contributed by atoms with Crippen molar-refractivity contribution in [1.29, 1.82) is 0 Å². The lowest BCUT2D eigenvalue weighted by molar-refractivity contribution is -0.147.